The van der Waals surface area contributed by atoms with Crippen LogP contribution in [0.1, 0.15) is 13.3 Å². The lowest BCUT2D eigenvalue weighted by atomic mass is 10.0. The van der Waals surface area contributed by atoms with Crippen LogP contribution in [0.3, 0.4) is 0 Å². The van der Waals surface area contributed by atoms with Crippen molar-refractivity contribution in [3.63, 3.8) is 0 Å². The number of anilines is 1. The van der Waals surface area contributed by atoms with Gasteiger partial charge in [0.05, 0.1) is 26.8 Å². The predicted molar refractivity (Wildman–Crippen MR) is 75.7 cm³/mol. The van der Waals surface area contributed by atoms with E-state index in [1.807, 2.05) is 6.92 Å². The van der Waals surface area contributed by atoms with E-state index in [2.05, 4.69) is 10.6 Å². The summed E-state index contributed by atoms with van der Waals surface area (Å²) < 4.78 is 0. The monoisotopic (exact) mass is 306 g/mol. The SMILES string of the molecule is CC1CCNC1C(=O)Nc1cc(Cl)c(Cl)cc1Cl. The molecule has 0 bridgehead atoms. The summed E-state index contributed by atoms with van der Waals surface area (Å²) in [6, 6.07) is 2.89. The molecule has 98 valence electrons. The average Bonchev–Trinajstić information content (AvgIpc) is 2.72. The number of halogens is 3. The molecule has 2 rings (SSSR count). The molecule has 0 spiro atoms. The van der Waals surface area contributed by atoms with Crippen LogP contribution in [0.5, 0.6) is 0 Å². The maximum Gasteiger partial charge on any atom is 0.241 e. The lowest BCUT2D eigenvalue weighted by molar-refractivity contribution is -0.118. The van der Waals surface area contributed by atoms with Gasteiger partial charge in [0.15, 0.2) is 0 Å². The molecule has 3 nitrogen and oxygen atoms in total. The molecular formula is C12H13Cl3N2O. The van der Waals surface area contributed by atoms with E-state index >= 15 is 0 Å². The van der Waals surface area contributed by atoms with Crippen LogP contribution in [0.15, 0.2) is 12.1 Å². The topological polar surface area (TPSA) is 41.1 Å². The van der Waals surface area contributed by atoms with Gasteiger partial charge in [-0.25, -0.2) is 0 Å². The number of carbonyl (C=O) groups excluding carboxylic acids is 1. The Labute approximate surface area is 121 Å². The van der Waals surface area contributed by atoms with Crippen LogP contribution in [0.2, 0.25) is 15.1 Å². The standard InChI is InChI=1S/C12H13Cl3N2O/c1-6-2-3-16-11(6)12(18)17-10-5-8(14)7(13)4-9(10)15/h4-6,11,16H,2-3H2,1H3,(H,17,18). The van der Waals surface area contributed by atoms with E-state index in [0.717, 1.165) is 13.0 Å². The Morgan fingerprint density at radius 2 is 1.94 bits per heavy atom. The second-order valence-corrected chi connectivity index (χ2v) is 5.65. The maximum absolute atomic E-state index is 12.1. The van der Waals surface area contributed by atoms with Gasteiger partial charge < -0.3 is 10.6 Å². The van der Waals surface area contributed by atoms with Crippen molar-refractivity contribution >= 4 is 46.4 Å². The minimum atomic E-state index is -0.185. The summed E-state index contributed by atoms with van der Waals surface area (Å²) in [5.41, 5.74) is 0.483. The van der Waals surface area contributed by atoms with Crippen molar-refractivity contribution in [3.8, 4) is 0 Å². The Balaban J connectivity index is 2.14. The molecule has 18 heavy (non-hydrogen) atoms. The highest BCUT2D eigenvalue weighted by molar-refractivity contribution is 6.44. The molecule has 0 aliphatic carbocycles. The lowest BCUT2D eigenvalue weighted by Crippen LogP contribution is -2.39. The molecule has 1 heterocycles. The molecule has 1 amide bonds. The molecule has 0 aromatic heterocycles. The zero-order chi connectivity index (χ0) is 13.3. The Morgan fingerprint density at radius 1 is 1.28 bits per heavy atom. The fourth-order valence-electron chi connectivity index (χ4n) is 2.01. The third-order valence-electron chi connectivity index (χ3n) is 3.08. The van der Waals surface area contributed by atoms with Gasteiger partial charge in [0, 0.05) is 0 Å². The molecule has 0 radical (unpaired) electrons. The molecule has 1 aromatic carbocycles. The van der Waals surface area contributed by atoms with Crippen molar-refractivity contribution in [2.45, 2.75) is 19.4 Å². The van der Waals surface area contributed by atoms with Crippen molar-refractivity contribution in [2.24, 2.45) is 5.92 Å². The minimum Gasteiger partial charge on any atom is -0.323 e. The van der Waals surface area contributed by atoms with Gasteiger partial charge in [-0.15, -0.1) is 0 Å². The number of hydrogen-bond acceptors (Lipinski definition) is 2. The third kappa shape index (κ3) is 2.91. The molecule has 1 aliphatic heterocycles. The maximum atomic E-state index is 12.1. The number of benzene rings is 1. The van der Waals surface area contributed by atoms with Crippen molar-refractivity contribution in [1.82, 2.24) is 5.32 Å². The van der Waals surface area contributed by atoms with Gasteiger partial charge >= 0.3 is 0 Å². The van der Waals surface area contributed by atoms with Gasteiger partial charge in [-0.2, -0.15) is 0 Å². The van der Waals surface area contributed by atoms with Crippen LogP contribution < -0.4 is 10.6 Å². The number of rotatable bonds is 2. The smallest absolute Gasteiger partial charge is 0.241 e. The van der Waals surface area contributed by atoms with Gasteiger partial charge in [0.1, 0.15) is 0 Å². The highest BCUT2D eigenvalue weighted by Gasteiger charge is 2.29. The first-order valence-corrected chi connectivity index (χ1v) is 6.81. The highest BCUT2D eigenvalue weighted by Crippen LogP contribution is 2.32. The van der Waals surface area contributed by atoms with Gasteiger partial charge in [-0.1, -0.05) is 41.7 Å². The molecule has 2 N–H and O–H groups in total. The van der Waals surface area contributed by atoms with Gasteiger partial charge in [-0.05, 0) is 31.0 Å². The highest BCUT2D eigenvalue weighted by atomic mass is 35.5. The minimum absolute atomic E-state index is 0.0970. The zero-order valence-corrected chi connectivity index (χ0v) is 12.0. The summed E-state index contributed by atoms with van der Waals surface area (Å²) in [7, 11) is 0. The quantitative estimate of drug-likeness (QED) is 0.820. The molecule has 1 aliphatic rings. The normalized spacial score (nSPS) is 23.1. The summed E-state index contributed by atoms with van der Waals surface area (Å²) in [4.78, 5) is 12.1. The summed E-state index contributed by atoms with van der Waals surface area (Å²) in [5, 5.41) is 7.04. The lowest BCUT2D eigenvalue weighted by Gasteiger charge is -2.16. The molecule has 1 saturated heterocycles. The predicted octanol–water partition coefficient (Wildman–Crippen LogP) is 3.58. The Kier molecular flexibility index (Phi) is 4.38. The fraction of sp³-hybridized carbons (Fsp3) is 0.417. The molecule has 6 heteroatoms. The molecule has 1 aromatic rings. The largest absolute Gasteiger partial charge is 0.323 e. The Hall–Kier alpha value is -0.480. The summed E-state index contributed by atoms with van der Waals surface area (Å²) in [6.45, 7) is 2.90. The van der Waals surface area contributed by atoms with E-state index < -0.39 is 0 Å². The molecule has 2 atom stereocenters. The molecule has 0 saturated carbocycles. The molecular weight excluding hydrogens is 295 g/mol. The molecule has 2 unspecified atom stereocenters. The zero-order valence-electron chi connectivity index (χ0n) is 9.77. The summed E-state index contributed by atoms with van der Waals surface area (Å²) in [6.07, 6.45) is 0.993. The summed E-state index contributed by atoms with van der Waals surface area (Å²) in [5.74, 6) is 0.215. The second-order valence-electron chi connectivity index (χ2n) is 4.43. The average molecular weight is 308 g/mol. The van der Waals surface area contributed by atoms with Crippen molar-refractivity contribution in [1.29, 1.82) is 0 Å². The first-order valence-electron chi connectivity index (χ1n) is 5.68. The second kappa shape index (κ2) is 5.66. The number of amides is 1. The van der Waals surface area contributed by atoms with Crippen molar-refractivity contribution in [2.75, 3.05) is 11.9 Å². The van der Waals surface area contributed by atoms with Crippen LogP contribution in [0.4, 0.5) is 5.69 Å². The van der Waals surface area contributed by atoms with E-state index in [0.29, 0.717) is 26.7 Å². The van der Waals surface area contributed by atoms with Crippen LogP contribution in [-0.2, 0) is 4.79 Å². The fourth-order valence-corrected chi connectivity index (χ4v) is 2.61. The van der Waals surface area contributed by atoms with Crippen molar-refractivity contribution in [3.05, 3.63) is 27.2 Å². The van der Waals surface area contributed by atoms with E-state index in [9.17, 15) is 4.79 Å². The van der Waals surface area contributed by atoms with Crippen LogP contribution >= 0.6 is 34.8 Å². The van der Waals surface area contributed by atoms with Crippen molar-refractivity contribution < 1.29 is 4.79 Å². The number of hydrogen-bond donors (Lipinski definition) is 2. The Morgan fingerprint density at radius 3 is 2.56 bits per heavy atom. The van der Waals surface area contributed by atoms with Gasteiger partial charge in [-0.3, -0.25) is 4.79 Å². The van der Waals surface area contributed by atoms with Crippen LogP contribution in [0.25, 0.3) is 0 Å². The Bertz CT molecular complexity index is 479. The number of nitrogens with one attached hydrogen (secondary N) is 2. The van der Waals surface area contributed by atoms with E-state index in [4.69, 9.17) is 34.8 Å². The first kappa shape index (κ1) is 13.9. The number of carbonyl (C=O) groups is 1. The van der Waals surface area contributed by atoms with Gasteiger partial charge in [0.2, 0.25) is 5.91 Å². The first-order chi connectivity index (χ1) is 8.49. The summed E-state index contributed by atoms with van der Waals surface area (Å²) >= 11 is 17.7. The van der Waals surface area contributed by atoms with E-state index in [1.165, 1.54) is 6.07 Å². The molecule has 1 fully saturated rings. The van der Waals surface area contributed by atoms with Crippen LogP contribution in [-0.4, -0.2) is 18.5 Å². The van der Waals surface area contributed by atoms with Crippen LogP contribution in [0, 0.1) is 5.92 Å². The van der Waals surface area contributed by atoms with Gasteiger partial charge in [0.25, 0.3) is 0 Å². The van der Waals surface area contributed by atoms with E-state index in [1.54, 1.807) is 6.07 Å². The third-order valence-corrected chi connectivity index (χ3v) is 4.12. The van der Waals surface area contributed by atoms with E-state index in [-0.39, 0.29) is 11.9 Å².